The van der Waals surface area contributed by atoms with Gasteiger partial charge in [0, 0.05) is 12.4 Å². The number of nitrogens with zero attached hydrogens (tertiary/aromatic N) is 2. The topological polar surface area (TPSA) is 109 Å². The Kier molecular flexibility index (Phi) is 7.14. The lowest BCUT2D eigenvalue weighted by molar-refractivity contribution is 0.824. The van der Waals surface area contributed by atoms with Gasteiger partial charge >= 0.3 is 0 Å². The molecular weight excluding hydrogens is 287 g/mol. The normalized spacial score (nSPS) is 9.05. The lowest BCUT2D eigenvalue weighted by atomic mass is 10.3. The summed E-state index contributed by atoms with van der Waals surface area (Å²) < 4.78 is 0. The van der Waals surface area contributed by atoms with E-state index in [0.29, 0.717) is 21.7 Å². The minimum absolute atomic E-state index is 0. The third-order valence-electron chi connectivity index (χ3n) is 2.17. The molecule has 0 saturated heterocycles. The van der Waals surface area contributed by atoms with Crippen molar-refractivity contribution in [1.82, 2.24) is 9.97 Å². The first-order valence-corrected chi connectivity index (χ1v) is 5.91. The monoisotopic (exact) mass is 302 g/mol. The zero-order valence-electron chi connectivity index (χ0n) is 10.6. The summed E-state index contributed by atoms with van der Waals surface area (Å²) in [5.41, 5.74) is 12.7. The second kappa shape index (κ2) is 7.78. The summed E-state index contributed by atoms with van der Waals surface area (Å²) in [6.45, 7) is 3.74. The minimum Gasteiger partial charge on any atom is -0.412 e. The van der Waals surface area contributed by atoms with Crippen molar-refractivity contribution in [2.24, 2.45) is 0 Å². The summed E-state index contributed by atoms with van der Waals surface area (Å²) in [6.07, 6.45) is 3.06. The molecular formula is C12H16Cl2N4O. The number of aromatic nitrogens is 2. The molecule has 2 aromatic heterocycles. The Morgan fingerprint density at radius 2 is 1.16 bits per heavy atom. The number of halogens is 2. The van der Waals surface area contributed by atoms with E-state index in [0.717, 1.165) is 11.1 Å². The first kappa shape index (κ1) is 17.4. The SMILES string of the molecule is Cc1cc(Cl)cnc1N.Cc1cc(Cl)cnc1N.O. The molecule has 0 aromatic carbocycles. The van der Waals surface area contributed by atoms with E-state index in [-0.39, 0.29) is 5.48 Å². The van der Waals surface area contributed by atoms with Gasteiger partial charge in [-0.15, -0.1) is 0 Å². The zero-order chi connectivity index (χ0) is 13.7. The Balaban J connectivity index is 0.000000324. The number of pyridine rings is 2. The number of rotatable bonds is 0. The molecule has 0 unspecified atom stereocenters. The molecule has 2 heterocycles. The molecule has 0 bridgehead atoms. The van der Waals surface area contributed by atoms with Gasteiger partial charge in [-0.05, 0) is 37.1 Å². The molecule has 0 aliphatic carbocycles. The first-order chi connectivity index (χ1) is 8.40. The van der Waals surface area contributed by atoms with Gasteiger partial charge in [-0.2, -0.15) is 0 Å². The maximum absolute atomic E-state index is 5.60. The van der Waals surface area contributed by atoms with Crippen molar-refractivity contribution >= 4 is 34.8 Å². The summed E-state index contributed by atoms with van der Waals surface area (Å²) >= 11 is 11.2. The molecule has 2 aromatic rings. The Morgan fingerprint density at radius 1 is 0.842 bits per heavy atom. The van der Waals surface area contributed by atoms with Crippen LogP contribution in [-0.2, 0) is 0 Å². The molecule has 2 rings (SSSR count). The fourth-order valence-electron chi connectivity index (χ4n) is 1.10. The van der Waals surface area contributed by atoms with Crippen LogP contribution >= 0.6 is 23.2 Å². The Bertz CT molecular complexity index is 500. The van der Waals surface area contributed by atoms with Gasteiger partial charge in [0.1, 0.15) is 11.6 Å². The van der Waals surface area contributed by atoms with Crippen molar-refractivity contribution in [2.45, 2.75) is 13.8 Å². The average molecular weight is 303 g/mol. The van der Waals surface area contributed by atoms with E-state index >= 15 is 0 Å². The molecule has 0 spiro atoms. The van der Waals surface area contributed by atoms with E-state index in [2.05, 4.69) is 9.97 Å². The third kappa shape index (κ3) is 5.74. The van der Waals surface area contributed by atoms with Crippen LogP contribution in [0.3, 0.4) is 0 Å². The molecule has 19 heavy (non-hydrogen) atoms. The van der Waals surface area contributed by atoms with Crippen LogP contribution in [0.2, 0.25) is 10.0 Å². The van der Waals surface area contributed by atoms with E-state index in [1.807, 2.05) is 13.8 Å². The van der Waals surface area contributed by atoms with Crippen molar-refractivity contribution in [3.05, 3.63) is 45.7 Å². The predicted octanol–water partition coefficient (Wildman–Crippen LogP) is 2.43. The molecule has 5 nitrogen and oxygen atoms in total. The fraction of sp³-hybridized carbons (Fsp3) is 0.167. The van der Waals surface area contributed by atoms with Gasteiger partial charge < -0.3 is 16.9 Å². The Labute approximate surface area is 121 Å². The maximum atomic E-state index is 5.60. The first-order valence-electron chi connectivity index (χ1n) is 5.15. The number of hydrogen-bond acceptors (Lipinski definition) is 4. The van der Waals surface area contributed by atoms with E-state index in [4.69, 9.17) is 34.7 Å². The molecule has 0 atom stereocenters. The molecule has 0 aliphatic heterocycles. The minimum atomic E-state index is 0. The van der Waals surface area contributed by atoms with Crippen molar-refractivity contribution in [1.29, 1.82) is 0 Å². The highest BCUT2D eigenvalue weighted by Gasteiger charge is 1.93. The van der Waals surface area contributed by atoms with Crippen LogP contribution in [0.25, 0.3) is 0 Å². The summed E-state index contributed by atoms with van der Waals surface area (Å²) in [4.78, 5) is 7.65. The number of anilines is 2. The van der Waals surface area contributed by atoms with Crippen LogP contribution in [0.4, 0.5) is 11.6 Å². The molecule has 7 heteroatoms. The van der Waals surface area contributed by atoms with E-state index in [1.54, 1.807) is 12.1 Å². The molecule has 104 valence electrons. The van der Waals surface area contributed by atoms with Gasteiger partial charge in [-0.25, -0.2) is 9.97 Å². The van der Waals surface area contributed by atoms with E-state index in [1.165, 1.54) is 12.4 Å². The Morgan fingerprint density at radius 3 is 1.37 bits per heavy atom. The van der Waals surface area contributed by atoms with Crippen LogP contribution in [0.15, 0.2) is 24.5 Å². The fourth-order valence-corrected chi connectivity index (χ4v) is 1.53. The van der Waals surface area contributed by atoms with Gasteiger partial charge in [0.15, 0.2) is 0 Å². The molecule has 0 fully saturated rings. The lowest BCUT2D eigenvalue weighted by Gasteiger charge is -1.95. The Hall–Kier alpha value is -1.56. The van der Waals surface area contributed by atoms with Gasteiger partial charge in [0.25, 0.3) is 0 Å². The van der Waals surface area contributed by atoms with E-state index in [9.17, 15) is 0 Å². The second-order valence-corrected chi connectivity index (χ2v) is 4.58. The van der Waals surface area contributed by atoms with Crippen LogP contribution in [0.5, 0.6) is 0 Å². The van der Waals surface area contributed by atoms with Crippen LogP contribution < -0.4 is 11.5 Å². The number of hydrogen-bond donors (Lipinski definition) is 2. The number of nitrogens with two attached hydrogens (primary N) is 2. The van der Waals surface area contributed by atoms with Gasteiger partial charge in [-0.1, -0.05) is 23.2 Å². The number of aryl methyl sites for hydroxylation is 2. The molecule has 0 radical (unpaired) electrons. The van der Waals surface area contributed by atoms with Crippen molar-refractivity contribution in [3.8, 4) is 0 Å². The molecule has 0 aliphatic rings. The number of nitrogen functional groups attached to an aromatic ring is 2. The third-order valence-corrected chi connectivity index (χ3v) is 2.58. The quantitative estimate of drug-likeness (QED) is 0.778. The van der Waals surface area contributed by atoms with Gasteiger partial charge in [-0.3, -0.25) is 0 Å². The summed E-state index contributed by atoms with van der Waals surface area (Å²) in [5.74, 6) is 1.08. The highest BCUT2D eigenvalue weighted by atomic mass is 35.5. The lowest BCUT2D eigenvalue weighted by Crippen LogP contribution is -1.91. The van der Waals surface area contributed by atoms with Crippen molar-refractivity contribution in [3.63, 3.8) is 0 Å². The summed E-state index contributed by atoms with van der Waals surface area (Å²) in [7, 11) is 0. The average Bonchev–Trinajstić information content (AvgIpc) is 2.30. The highest BCUT2D eigenvalue weighted by Crippen LogP contribution is 2.13. The van der Waals surface area contributed by atoms with E-state index < -0.39 is 0 Å². The molecule has 0 amide bonds. The summed E-state index contributed by atoms with van der Waals surface area (Å²) in [6, 6.07) is 3.56. The largest absolute Gasteiger partial charge is 0.412 e. The highest BCUT2D eigenvalue weighted by molar-refractivity contribution is 6.30. The van der Waals surface area contributed by atoms with Crippen molar-refractivity contribution in [2.75, 3.05) is 11.5 Å². The van der Waals surface area contributed by atoms with Crippen molar-refractivity contribution < 1.29 is 5.48 Å². The maximum Gasteiger partial charge on any atom is 0.126 e. The standard InChI is InChI=1S/2C6H7ClN2.H2O/c2*1-4-2-5(7)3-9-6(4)8;/h2*2-3H,1H3,(H2,8,9);1H2. The zero-order valence-corrected chi connectivity index (χ0v) is 12.1. The van der Waals surface area contributed by atoms with Crippen LogP contribution in [0.1, 0.15) is 11.1 Å². The van der Waals surface area contributed by atoms with Gasteiger partial charge in [0.05, 0.1) is 10.0 Å². The summed E-state index contributed by atoms with van der Waals surface area (Å²) in [5, 5.41) is 1.25. The second-order valence-electron chi connectivity index (χ2n) is 3.71. The molecule has 0 saturated carbocycles. The van der Waals surface area contributed by atoms with Crippen LogP contribution in [-0.4, -0.2) is 15.4 Å². The van der Waals surface area contributed by atoms with Crippen LogP contribution in [0, 0.1) is 13.8 Å². The smallest absolute Gasteiger partial charge is 0.126 e. The predicted molar refractivity (Wildman–Crippen MR) is 80.4 cm³/mol. The van der Waals surface area contributed by atoms with Gasteiger partial charge in [0.2, 0.25) is 0 Å². The molecule has 6 N–H and O–H groups in total.